The summed E-state index contributed by atoms with van der Waals surface area (Å²) in [5.74, 6) is -0.789. The third-order valence-corrected chi connectivity index (χ3v) is 5.07. The van der Waals surface area contributed by atoms with Gasteiger partial charge in [-0.25, -0.2) is 9.59 Å². The highest BCUT2D eigenvalue weighted by Gasteiger charge is 2.40. The second-order valence-corrected chi connectivity index (χ2v) is 8.77. The topological polar surface area (TPSA) is 84.9 Å². The molecule has 3 rings (SSSR count). The largest absolute Gasteiger partial charge is 0.458 e. The monoisotopic (exact) mass is 438 g/mol. The lowest BCUT2D eigenvalue weighted by molar-refractivity contribution is -0.163. The van der Waals surface area contributed by atoms with Crippen LogP contribution < -0.4 is 5.32 Å². The van der Waals surface area contributed by atoms with Crippen molar-refractivity contribution in [1.82, 2.24) is 10.2 Å². The molecule has 2 aromatic rings. The number of esters is 1. The molecule has 32 heavy (non-hydrogen) atoms. The van der Waals surface area contributed by atoms with Crippen molar-refractivity contribution >= 4 is 18.0 Å². The maximum Gasteiger partial charge on any atom is 0.408 e. The minimum absolute atomic E-state index is 0.0899. The van der Waals surface area contributed by atoms with Crippen molar-refractivity contribution in [3.8, 4) is 0 Å². The van der Waals surface area contributed by atoms with Gasteiger partial charge in [-0.15, -0.1) is 0 Å². The lowest BCUT2D eigenvalue weighted by Crippen LogP contribution is -2.48. The molecule has 2 aromatic carbocycles. The molecule has 0 aliphatic carbocycles. The van der Waals surface area contributed by atoms with E-state index in [1.807, 2.05) is 36.4 Å². The van der Waals surface area contributed by atoms with E-state index >= 15 is 0 Å². The molecule has 1 aliphatic heterocycles. The molecule has 1 N–H and O–H groups in total. The van der Waals surface area contributed by atoms with E-state index in [1.165, 1.54) is 4.90 Å². The van der Waals surface area contributed by atoms with Crippen molar-refractivity contribution < 1.29 is 23.9 Å². The van der Waals surface area contributed by atoms with Gasteiger partial charge in [-0.1, -0.05) is 60.7 Å². The Labute approximate surface area is 188 Å². The molecule has 170 valence electrons. The van der Waals surface area contributed by atoms with E-state index < -0.39 is 29.7 Å². The first kappa shape index (κ1) is 23.3. The van der Waals surface area contributed by atoms with E-state index in [2.05, 4.69) is 5.32 Å². The highest BCUT2D eigenvalue weighted by atomic mass is 16.6. The fourth-order valence-electron chi connectivity index (χ4n) is 3.63. The molecule has 2 amide bonds. The zero-order valence-corrected chi connectivity index (χ0v) is 18.7. The molecule has 1 saturated heterocycles. The number of nitrogens with one attached hydrogen (secondary N) is 1. The van der Waals surface area contributed by atoms with Crippen LogP contribution >= 0.6 is 0 Å². The number of carbonyl (C=O) groups excluding carboxylic acids is 3. The summed E-state index contributed by atoms with van der Waals surface area (Å²) in [6.07, 6.45) is 0.514. The molecule has 0 unspecified atom stereocenters. The normalized spacial score (nSPS) is 16.8. The Balaban J connectivity index is 1.74. The summed E-state index contributed by atoms with van der Waals surface area (Å²) in [6, 6.07) is 16.6. The zero-order chi connectivity index (χ0) is 23.1. The number of ether oxygens (including phenoxy) is 2. The summed E-state index contributed by atoms with van der Waals surface area (Å²) in [4.78, 5) is 40.2. The number of carbonyl (C=O) groups is 3. The number of amides is 2. The first-order valence-electron chi connectivity index (χ1n) is 10.8. The van der Waals surface area contributed by atoms with Crippen LogP contribution in [0.4, 0.5) is 4.79 Å². The number of alkyl carbamates (subject to hydrolysis) is 1. The van der Waals surface area contributed by atoms with E-state index in [9.17, 15) is 14.4 Å². The Morgan fingerprint density at radius 2 is 1.66 bits per heavy atom. The minimum Gasteiger partial charge on any atom is -0.458 e. The molecule has 0 radical (unpaired) electrons. The van der Waals surface area contributed by atoms with Crippen LogP contribution in [0.1, 0.15) is 50.8 Å². The quantitative estimate of drug-likeness (QED) is 0.690. The third kappa shape index (κ3) is 6.33. The maximum absolute atomic E-state index is 13.5. The van der Waals surface area contributed by atoms with Crippen LogP contribution in [0.15, 0.2) is 60.7 Å². The van der Waals surface area contributed by atoms with Crippen LogP contribution in [0.2, 0.25) is 0 Å². The molecule has 1 fully saturated rings. The van der Waals surface area contributed by atoms with Gasteiger partial charge in [0.2, 0.25) is 0 Å². The molecule has 0 bridgehead atoms. The van der Waals surface area contributed by atoms with Crippen molar-refractivity contribution in [3.63, 3.8) is 0 Å². The van der Waals surface area contributed by atoms with Gasteiger partial charge in [0.25, 0.3) is 5.91 Å². The standard InChI is InChI=1S/C25H30N2O5/c1-25(2,3)32-23(29)20-15-10-16-27(20)22(28)21(19-13-8-5-9-14-19)26-24(30)31-17-18-11-6-4-7-12-18/h4-9,11-14,20-21H,10,15-17H2,1-3H3,(H,26,30)/t20-,21+/m0/s1. The lowest BCUT2D eigenvalue weighted by atomic mass is 10.1. The van der Waals surface area contributed by atoms with Gasteiger partial charge < -0.3 is 19.7 Å². The Morgan fingerprint density at radius 3 is 2.28 bits per heavy atom. The SMILES string of the molecule is CC(C)(C)OC(=O)[C@@H]1CCCN1C(=O)[C@H](NC(=O)OCc1ccccc1)c1ccccc1. The molecule has 1 aliphatic rings. The van der Waals surface area contributed by atoms with Gasteiger partial charge in [-0.3, -0.25) is 4.79 Å². The van der Waals surface area contributed by atoms with Crippen LogP contribution in [-0.4, -0.2) is 41.1 Å². The summed E-state index contributed by atoms with van der Waals surface area (Å²) in [5.41, 5.74) is 0.811. The van der Waals surface area contributed by atoms with E-state index in [-0.39, 0.29) is 12.5 Å². The van der Waals surface area contributed by atoms with Crippen molar-refractivity contribution in [1.29, 1.82) is 0 Å². The van der Waals surface area contributed by atoms with E-state index in [0.29, 0.717) is 24.9 Å². The van der Waals surface area contributed by atoms with Gasteiger partial charge >= 0.3 is 12.1 Å². The zero-order valence-electron chi connectivity index (χ0n) is 18.7. The van der Waals surface area contributed by atoms with Gasteiger partial charge in [-0.2, -0.15) is 0 Å². The smallest absolute Gasteiger partial charge is 0.408 e. The molecule has 7 nitrogen and oxygen atoms in total. The van der Waals surface area contributed by atoms with Gasteiger partial charge in [0.15, 0.2) is 0 Å². The maximum atomic E-state index is 13.5. The highest BCUT2D eigenvalue weighted by molar-refractivity contribution is 5.91. The minimum atomic E-state index is -0.970. The number of hydrogen-bond acceptors (Lipinski definition) is 5. The van der Waals surface area contributed by atoms with Gasteiger partial charge in [0.05, 0.1) is 0 Å². The summed E-state index contributed by atoms with van der Waals surface area (Å²) < 4.78 is 10.8. The van der Waals surface area contributed by atoms with Crippen LogP contribution in [0, 0.1) is 0 Å². The van der Waals surface area contributed by atoms with Crippen molar-refractivity contribution in [2.75, 3.05) is 6.54 Å². The predicted octanol–water partition coefficient (Wildman–Crippen LogP) is 3.99. The fraction of sp³-hybridized carbons (Fsp3) is 0.400. The van der Waals surface area contributed by atoms with Gasteiger partial charge in [0.1, 0.15) is 24.3 Å². The molecule has 0 saturated carbocycles. The molecule has 0 spiro atoms. The van der Waals surface area contributed by atoms with Crippen LogP contribution in [-0.2, 0) is 25.7 Å². The Kier molecular flexibility index (Phi) is 7.51. The van der Waals surface area contributed by atoms with Crippen LogP contribution in [0.3, 0.4) is 0 Å². The number of benzene rings is 2. The summed E-state index contributed by atoms with van der Waals surface area (Å²) in [7, 11) is 0. The third-order valence-electron chi connectivity index (χ3n) is 5.07. The van der Waals surface area contributed by atoms with Crippen molar-refractivity contribution in [3.05, 3.63) is 71.8 Å². The van der Waals surface area contributed by atoms with E-state index in [4.69, 9.17) is 9.47 Å². The number of hydrogen-bond donors (Lipinski definition) is 1. The number of likely N-dealkylation sites (tertiary alicyclic amines) is 1. The van der Waals surface area contributed by atoms with Gasteiger partial charge in [-0.05, 0) is 44.7 Å². The number of rotatable bonds is 6. The Hall–Kier alpha value is -3.35. The van der Waals surface area contributed by atoms with E-state index in [1.54, 1.807) is 45.0 Å². The Morgan fingerprint density at radius 1 is 1.03 bits per heavy atom. The average Bonchev–Trinajstić information content (AvgIpc) is 3.26. The molecule has 2 atom stereocenters. The van der Waals surface area contributed by atoms with Crippen LogP contribution in [0.25, 0.3) is 0 Å². The first-order valence-corrected chi connectivity index (χ1v) is 10.8. The highest BCUT2D eigenvalue weighted by Crippen LogP contribution is 2.26. The summed E-state index contributed by atoms with van der Waals surface area (Å²) in [5, 5.41) is 2.68. The van der Waals surface area contributed by atoms with Crippen molar-refractivity contribution in [2.24, 2.45) is 0 Å². The second kappa shape index (κ2) is 10.3. The fourth-order valence-corrected chi connectivity index (χ4v) is 3.63. The first-order chi connectivity index (χ1) is 15.2. The average molecular weight is 439 g/mol. The number of nitrogens with zero attached hydrogens (tertiary/aromatic N) is 1. The molecule has 7 heteroatoms. The van der Waals surface area contributed by atoms with Crippen molar-refractivity contribution in [2.45, 2.75) is 57.9 Å². The predicted molar refractivity (Wildman–Crippen MR) is 120 cm³/mol. The molecular formula is C25H30N2O5. The second-order valence-electron chi connectivity index (χ2n) is 8.77. The molecule has 1 heterocycles. The van der Waals surface area contributed by atoms with Gasteiger partial charge in [0, 0.05) is 6.54 Å². The summed E-state index contributed by atoms with van der Waals surface area (Å²) in [6.45, 7) is 5.90. The Bertz CT molecular complexity index is 924. The molecular weight excluding hydrogens is 408 g/mol. The lowest BCUT2D eigenvalue weighted by Gasteiger charge is -2.30. The van der Waals surface area contributed by atoms with Crippen LogP contribution in [0.5, 0.6) is 0 Å². The van der Waals surface area contributed by atoms with E-state index in [0.717, 1.165) is 5.56 Å². The summed E-state index contributed by atoms with van der Waals surface area (Å²) >= 11 is 0. The molecule has 0 aromatic heterocycles.